The van der Waals surface area contributed by atoms with E-state index in [1.807, 2.05) is 11.6 Å². The van der Waals surface area contributed by atoms with Gasteiger partial charge in [-0.3, -0.25) is 4.79 Å². The van der Waals surface area contributed by atoms with E-state index in [9.17, 15) is 4.79 Å². The molecular weight excluding hydrogens is 325 g/mol. The second kappa shape index (κ2) is 5.99. The van der Waals surface area contributed by atoms with Crippen molar-refractivity contribution >= 4 is 45.7 Å². The lowest BCUT2D eigenvalue weighted by atomic mass is 10.0. The molecule has 0 spiro atoms. The lowest BCUT2D eigenvalue weighted by Crippen LogP contribution is -2.24. The van der Waals surface area contributed by atoms with Crippen LogP contribution < -0.4 is 10.6 Å². The van der Waals surface area contributed by atoms with E-state index in [1.54, 1.807) is 6.07 Å². The lowest BCUT2D eigenvalue weighted by molar-refractivity contribution is -0.120. The second-order valence-electron chi connectivity index (χ2n) is 5.35. The van der Waals surface area contributed by atoms with Crippen molar-refractivity contribution in [2.75, 3.05) is 25.0 Å². The Morgan fingerprint density at radius 2 is 2.23 bits per heavy atom. The molecule has 0 bridgehead atoms. The van der Waals surface area contributed by atoms with Gasteiger partial charge in [0.15, 0.2) is 0 Å². The lowest BCUT2D eigenvalue weighted by Gasteiger charge is -2.11. The van der Waals surface area contributed by atoms with Crippen LogP contribution in [0.4, 0.5) is 5.69 Å². The number of aliphatic hydroxyl groups is 1. The summed E-state index contributed by atoms with van der Waals surface area (Å²) in [6.45, 7) is 1.03. The van der Waals surface area contributed by atoms with Gasteiger partial charge in [-0.05, 0) is 11.6 Å². The summed E-state index contributed by atoms with van der Waals surface area (Å²) in [5, 5.41) is 17.0. The summed E-state index contributed by atoms with van der Waals surface area (Å²) in [5.41, 5.74) is 3.69. The van der Waals surface area contributed by atoms with Crippen molar-refractivity contribution in [2.24, 2.45) is 7.05 Å². The molecule has 5 nitrogen and oxygen atoms in total. The summed E-state index contributed by atoms with van der Waals surface area (Å²) < 4.78 is 2.02. The average molecular weight is 342 g/mol. The van der Waals surface area contributed by atoms with Crippen LogP contribution >= 0.6 is 23.2 Å². The molecular formula is C15H17Cl2N3O2. The average Bonchev–Trinajstić information content (AvgIpc) is 2.64. The number of aromatic nitrogens is 1. The number of anilines is 1. The number of rotatable bonds is 3. The molecule has 3 rings (SSSR count). The van der Waals surface area contributed by atoms with Gasteiger partial charge < -0.3 is 20.3 Å². The largest absolute Gasteiger partial charge is 0.395 e. The first-order chi connectivity index (χ1) is 10.5. The molecule has 0 aliphatic carbocycles. The van der Waals surface area contributed by atoms with Crippen molar-refractivity contribution in [3.8, 4) is 0 Å². The van der Waals surface area contributed by atoms with Crippen molar-refractivity contribution in [1.29, 1.82) is 0 Å². The van der Waals surface area contributed by atoms with Crippen LogP contribution in [0.25, 0.3) is 10.9 Å². The van der Waals surface area contributed by atoms with Gasteiger partial charge in [-0.25, -0.2) is 0 Å². The SMILES string of the molecule is Cn1c2c(c3c(NCCO)cc(Cl)c(Cl)c31)CC(=O)NCC2. The normalized spacial score (nSPS) is 14.6. The first-order valence-electron chi connectivity index (χ1n) is 7.14. The Balaban J connectivity index is 2.32. The van der Waals surface area contributed by atoms with E-state index in [0.717, 1.165) is 34.3 Å². The molecule has 0 unspecified atom stereocenters. The maximum absolute atomic E-state index is 11.9. The van der Waals surface area contributed by atoms with E-state index in [-0.39, 0.29) is 12.5 Å². The molecule has 1 aromatic carbocycles. The minimum atomic E-state index is 0.00503. The van der Waals surface area contributed by atoms with Gasteiger partial charge in [-0.2, -0.15) is 0 Å². The van der Waals surface area contributed by atoms with E-state index in [4.69, 9.17) is 28.3 Å². The standard InChI is InChI=1S/C15H17Cl2N3O2/c1-20-11-2-3-19-12(22)6-8(11)13-10(18-4-5-21)7-9(16)14(17)15(13)20/h7,18,21H,2-6H2,1H3,(H,19,22). The van der Waals surface area contributed by atoms with Crippen LogP contribution in [0.3, 0.4) is 0 Å². The number of benzene rings is 1. The number of hydrogen-bond acceptors (Lipinski definition) is 3. The highest BCUT2D eigenvalue weighted by molar-refractivity contribution is 6.45. The molecule has 0 radical (unpaired) electrons. The monoisotopic (exact) mass is 341 g/mol. The van der Waals surface area contributed by atoms with Crippen molar-refractivity contribution < 1.29 is 9.90 Å². The van der Waals surface area contributed by atoms with E-state index >= 15 is 0 Å². The third kappa shape index (κ3) is 2.43. The molecule has 0 atom stereocenters. The zero-order valence-electron chi connectivity index (χ0n) is 12.2. The molecule has 7 heteroatoms. The van der Waals surface area contributed by atoms with E-state index in [1.165, 1.54) is 0 Å². The van der Waals surface area contributed by atoms with E-state index < -0.39 is 0 Å². The molecule has 0 saturated carbocycles. The molecule has 1 aliphatic rings. The maximum Gasteiger partial charge on any atom is 0.224 e. The Morgan fingerprint density at radius 1 is 1.45 bits per heavy atom. The first-order valence-corrected chi connectivity index (χ1v) is 7.89. The van der Waals surface area contributed by atoms with E-state index in [0.29, 0.717) is 29.6 Å². The summed E-state index contributed by atoms with van der Waals surface area (Å²) >= 11 is 12.6. The van der Waals surface area contributed by atoms with Crippen LogP contribution in [0.2, 0.25) is 10.0 Å². The fourth-order valence-electron chi connectivity index (χ4n) is 3.10. The molecule has 0 fully saturated rings. The molecule has 0 saturated heterocycles. The topological polar surface area (TPSA) is 66.3 Å². The van der Waals surface area contributed by atoms with Gasteiger partial charge in [-0.1, -0.05) is 23.2 Å². The van der Waals surface area contributed by atoms with E-state index in [2.05, 4.69) is 10.6 Å². The quantitative estimate of drug-likeness (QED) is 0.800. The smallest absolute Gasteiger partial charge is 0.224 e. The first kappa shape index (κ1) is 15.5. The van der Waals surface area contributed by atoms with Crippen molar-refractivity contribution in [2.45, 2.75) is 12.8 Å². The summed E-state index contributed by atoms with van der Waals surface area (Å²) in [6, 6.07) is 1.75. The summed E-state index contributed by atoms with van der Waals surface area (Å²) in [5.74, 6) is 0.00503. The zero-order valence-corrected chi connectivity index (χ0v) is 13.7. The predicted molar refractivity (Wildman–Crippen MR) is 88.9 cm³/mol. The van der Waals surface area contributed by atoms with Gasteiger partial charge in [0.1, 0.15) is 0 Å². The Kier molecular flexibility index (Phi) is 4.21. The fraction of sp³-hybridized carbons (Fsp3) is 0.400. The number of halogens is 2. The maximum atomic E-state index is 11.9. The Morgan fingerprint density at radius 3 is 2.95 bits per heavy atom. The third-order valence-electron chi connectivity index (χ3n) is 4.03. The zero-order chi connectivity index (χ0) is 15.9. The molecule has 118 valence electrons. The third-order valence-corrected chi connectivity index (χ3v) is 4.81. The highest BCUT2D eigenvalue weighted by atomic mass is 35.5. The number of carbonyl (C=O) groups is 1. The highest BCUT2D eigenvalue weighted by Crippen LogP contribution is 2.41. The van der Waals surface area contributed by atoms with Gasteiger partial charge in [0.25, 0.3) is 0 Å². The van der Waals surface area contributed by atoms with Crippen molar-refractivity contribution in [1.82, 2.24) is 9.88 Å². The Bertz CT molecular complexity index is 755. The van der Waals surface area contributed by atoms with Crippen LogP contribution in [-0.4, -0.2) is 35.3 Å². The number of aryl methyl sites for hydroxylation is 1. The molecule has 22 heavy (non-hydrogen) atoms. The minimum Gasteiger partial charge on any atom is -0.395 e. The molecule has 2 aromatic rings. The van der Waals surface area contributed by atoms with Gasteiger partial charge in [0, 0.05) is 43.3 Å². The summed E-state index contributed by atoms with van der Waals surface area (Å²) in [7, 11) is 1.94. The van der Waals surface area contributed by atoms with Crippen molar-refractivity contribution in [3.63, 3.8) is 0 Å². The van der Waals surface area contributed by atoms with Crippen LogP contribution in [0.1, 0.15) is 11.3 Å². The molecule has 1 aromatic heterocycles. The van der Waals surface area contributed by atoms with Gasteiger partial charge in [-0.15, -0.1) is 0 Å². The number of aliphatic hydroxyl groups excluding tert-OH is 1. The van der Waals surface area contributed by atoms with Gasteiger partial charge in [0.2, 0.25) is 5.91 Å². The minimum absolute atomic E-state index is 0.00503. The van der Waals surface area contributed by atoms with Crippen LogP contribution in [0, 0.1) is 0 Å². The number of nitrogens with one attached hydrogen (secondary N) is 2. The molecule has 2 heterocycles. The van der Waals surface area contributed by atoms with Crippen LogP contribution in [-0.2, 0) is 24.7 Å². The predicted octanol–water partition coefficient (Wildman–Crippen LogP) is 2.10. The number of amides is 1. The number of nitrogens with zero attached hydrogens (tertiary/aromatic N) is 1. The van der Waals surface area contributed by atoms with Crippen molar-refractivity contribution in [3.05, 3.63) is 27.4 Å². The number of fused-ring (bicyclic) bond motifs is 3. The highest BCUT2D eigenvalue weighted by Gasteiger charge is 2.25. The second-order valence-corrected chi connectivity index (χ2v) is 6.14. The summed E-state index contributed by atoms with van der Waals surface area (Å²) in [6.07, 6.45) is 1.07. The van der Waals surface area contributed by atoms with Gasteiger partial charge >= 0.3 is 0 Å². The Labute approximate surface area is 138 Å². The van der Waals surface area contributed by atoms with Crippen LogP contribution in [0.5, 0.6) is 0 Å². The summed E-state index contributed by atoms with van der Waals surface area (Å²) in [4.78, 5) is 11.9. The number of hydrogen-bond donors (Lipinski definition) is 3. The van der Waals surface area contributed by atoms with Gasteiger partial charge in [0.05, 0.1) is 28.6 Å². The molecule has 1 aliphatic heterocycles. The molecule has 1 amide bonds. The van der Waals surface area contributed by atoms with Crippen LogP contribution in [0.15, 0.2) is 6.07 Å². The Hall–Kier alpha value is -1.43. The molecule has 3 N–H and O–H groups in total. The fourth-order valence-corrected chi connectivity index (χ4v) is 3.57. The number of carbonyl (C=O) groups excluding carboxylic acids is 1.